The predicted octanol–water partition coefficient (Wildman–Crippen LogP) is 5.01. The van der Waals surface area contributed by atoms with E-state index >= 15 is 0 Å². The zero-order valence-corrected chi connectivity index (χ0v) is 18.1. The maximum Gasteiger partial charge on any atom is 0.224 e. The summed E-state index contributed by atoms with van der Waals surface area (Å²) in [4.78, 5) is 15.1. The van der Waals surface area contributed by atoms with Crippen LogP contribution in [0.25, 0.3) is 0 Å². The van der Waals surface area contributed by atoms with Crippen molar-refractivity contribution in [1.82, 2.24) is 10.2 Å². The third-order valence-electron chi connectivity index (χ3n) is 6.66. The molecule has 0 aromatic heterocycles. The Labute approximate surface area is 183 Å². The normalized spacial score (nSPS) is 22.9. The van der Waals surface area contributed by atoms with Crippen LogP contribution in [0.15, 0.2) is 48.5 Å². The maximum atomic E-state index is 13.1. The van der Waals surface area contributed by atoms with E-state index in [0.717, 1.165) is 55.3 Å². The van der Waals surface area contributed by atoms with Gasteiger partial charge in [-0.25, -0.2) is 4.39 Å². The van der Waals surface area contributed by atoms with Gasteiger partial charge in [0, 0.05) is 17.1 Å². The standard InChI is InChI=1S/C25H30ClFN2O/c26-21-8-4-18(5-9-21)16-20-12-14-29(15-13-20)24-3-1-2-23(24)28-25(30)17-19-6-10-22(27)11-7-19/h4-11,20,23-24H,1-3,12-17H2,(H,28,30)/t23-,24-/m1/s1. The molecule has 4 rings (SSSR count). The molecule has 1 aliphatic heterocycles. The summed E-state index contributed by atoms with van der Waals surface area (Å²) in [5.41, 5.74) is 2.22. The Morgan fingerprint density at radius 2 is 1.63 bits per heavy atom. The van der Waals surface area contributed by atoms with Crippen molar-refractivity contribution in [3.63, 3.8) is 0 Å². The van der Waals surface area contributed by atoms with Crippen molar-refractivity contribution in [3.05, 3.63) is 70.5 Å². The van der Waals surface area contributed by atoms with Crippen molar-refractivity contribution in [2.24, 2.45) is 5.92 Å². The molecule has 2 aromatic carbocycles. The second-order valence-corrected chi connectivity index (χ2v) is 9.22. The van der Waals surface area contributed by atoms with Crippen LogP contribution < -0.4 is 5.32 Å². The minimum Gasteiger partial charge on any atom is -0.352 e. The van der Waals surface area contributed by atoms with Crippen molar-refractivity contribution in [3.8, 4) is 0 Å². The molecular weight excluding hydrogens is 399 g/mol. The van der Waals surface area contributed by atoms with Gasteiger partial charge in [0.05, 0.1) is 6.42 Å². The molecule has 1 saturated heterocycles. The molecule has 3 nitrogen and oxygen atoms in total. The molecule has 2 aromatic rings. The minimum absolute atomic E-state index is 0.0381. The van der Waals surface area contributed by atoms with Crippen LogP contribution >= 0.6 is 11.6 Å². The topological polar surface area (TPSA) is 32.3 Å². The van der Waals surface area contributed by atoms with Gasteiger partial charge in [-0.2, -0.15) is 0 Å². The number of carbonyl (C=O) groups excluding carboxylic acids is 1. The molecule has 5 heteroatoms. The molecule has 0 unspecified atom stereocenters. The number of piperidine rings is 1. The molecule has 0 bridgehead atoms. The molecule has 2 atom stereocenters. The molecule has 2 aliphatic rings. The monoisotopic (exact) mass is 428 g/mol. The number of carbonyl (C=O) groups is 1. The third-order valence-corrected chi connectivity index (χ3v) is 6.91. The van der Waals surface area contributed by atoms with Crippen molar-refractivity contribution in [2.75, 3.05) is 13.1 Å². The second kappa shape index (κ2) is 9.93. The highest BCUT2D eigenvalue weighted by Gasteiger charge is 2.34. The number of likely N-dealkylation sites (tertiary alicyclic amines) is 1. The highest BCUT2D eigenvalue weighted by atomic mass is 35.5. The first-order valence-electron chi connectivity index (χ1n) is 11.1. The van der Waals surface area contributed by atoms with Crippen LogP contribution in [-0.2, 0) is 17.6 Å². The number of nitrogens with zero attached hydrogens (tertiary/aromatic N) is 1. The number of halogens is 2. The summed E-state index contributed by atoms with van der Waals surface area (Å²) in [6, 6.07) is 15.1. The molecule has 1 saturated carbocycles. The Hall–Kier alpha value is -1.91. The Kier molecular flexibility index (Phi) is 7.06. The molecule has 2 fully saturated rings. The number of rotatable bonds is 6. The van der Waals surface area contributed by atoms with Crippen molar-refractivity contribution in [2.45, 2.75) is 57.0 Å². The van der Waals surface area contributed by atoms with Crippen LogP contribution in [0.1, 0.15) is 43.2 Å². The minimum atomic E-state index is -0.269. The van der Waals surface area contributed by atoms with E-state index in [1.807, 2.05) is 12.1 Å². The summed E-state index contributed by atoms with van der Waals surface area (Å²) in [5.74, 6) is 0.487. The van der Waals surface area contributed by atoms with Gasteiger partial charge in [0.15, 0.2) is 0 Å². The lowest BCUT2D eigenvalue weighted by Gasteiger charge is -2.38. The van der Waals surface area contributed by atoms with Crippen molar-refractivity contribution in [1.29, 1.82) is 0 Å². The van der Waals surface area contributed by atoms with Gasteiger partial charge in [0.2, 0.25) is 5.91 Å². The molecule has 30 heavy (non-hydrogen) atoms. The van der Waals surface area contributed by atoms with Crippen LogP contribution in [-0.4, -0.2) is 36.0 Å². The Morgan fingerprint density at radius 3 is 2.33 bits per heavy atom. The van der Waals surface area contributed by atoms with Gasteiger partial charge in [-0.1, -0.05) is 35.9 Å². The van der Waals surface area contributed by atoms with Gasteiger partial charge >= 0.3 is 0 Å². The van der Waals surface area contributed by atoms with Crippen LogP contribution in [0.2, 0.25) is 5.02 Å². The van der Waals surface area contributed by atoms with E-state index in [9.17, 15) is 9.18 Å². The number of hydrogen-bond donors (Lipinski definition) is 1. The van der Waals surface area contributed by atoms with E-state index in [1.54, 1.807) is 12.1 Å². The largest absolute Gasteiger partial charge is 0.352 e. The van der Waals surface area contributed by atoms with Crippen LogP contribution in [0.4, 0.5) is 4.39 Å². The molecule has 0 radical (unpaired) electrons. The van der Waals surface area contributed by atoms with Crippen LogP contribution in [0.3, 0.4) is 0 Å². The first-order chi connectivity index (χ1) is 14.6. The zero-order chi connectivity index (χ0) is 20.9. The van der Waals surface area contributed by atoms with E-state index in [4.69, 9.17) is 11.6 Å². The average Bonchev–Trinajstić information content (AvgIpc) is 3.20. The summed E-state index contributed by atoms with van der Waals surface area (Å²) in [6.07, 6.45) is 7.20. The van der Waals surface area contributed by atoms with E-state index in [0.29, 0.717) is 12.5 Å². The Bertz CT molecular complexity index is 831. The first-order valence-corrected chi connectivity index (χ1v) is 11.5. The Balaban J connectivity index is 1.26. The highest BCUT2D eigenvalue weighted by Crippen LogP contribution is 2.30. The Morgan fingerprint density at radius 1 is 0.967 bits per heavy atom. The zero-order valence-electron chi connectivity index (χ0n) is 17.3. The van der Waals surface area contributed by atoms with Gasteiger partial charge in [-0.15, -0.1) is 0 Å². The van der Waals surface area contributed by atoms with Crippen molar-refractivity contribution < 1.29 is 9.18 Å². The highest BCUT2D eigenvalue weighted by molar-refractivity contribution is 6.30. The van der Waals surface area contributed by atoms with E-state index < -0.39 is 0 Å². The summed E-state index contributed by atoms with van der Waals surface area (Å²) in [6.45, 7) is 2.21. The van der Waals surface area contributed by atoms with E-state index in [2.05, 4.69) is 22.3 Å². The smallest absolute Gasteiger partial charge is 0.224 e. The molecular formula is C25H30ClFN2O. The van der Waals surface area contributed by atoms with Crippen molar-refractivity contribution >= 4 is 17.5 Å². The number of amides is 1. The lowest BCUT2D eigenvalue weighted by molar-refractivity contribution is -0.121. The number of nitrogens with one attached hydrogen (secondary N) is 1. The first kappa shape index (κ1) is 21.3. The summed E-state index contributed by atoms with van der Waals surface area (Å²) in [5, 5.41) is 4.05. The average molecular weight is 429 g/mol. The lowest BCUT2D eigenvalue weighted by Crippen LogP contribution is -2.51. The maximum absolute atomic E-state index is 13.1. The SMILES string of the molecule is O=C(Cc1ccc(F)cc1)N[C@@H]1CCC[C@H]1N1CCC(Cc2ccc(Cl)cc2)CC1. The fourth-order valence-corrected chi connectivity index (χ4v) is 5.16. The molecule has 1 N–H and O–H groups in total. The van der Waals surface area contributed by atoms with E-state index in [1.165, 1.54) is 30.5 Å². The van der Waals surface area contributed by atoms with Gasteiger partial charge in [-0.3, -0.25) is 9.69 Å². The van der Waals surface area contributed by atoms with Gasteiger partial charge in [-0.05, 0) is 92.9 Å². The van der Waals surface area contributed by atoms with Gasteiger partial charge < -0.3 is 5.32 Å². The van der Waals surface area contributed by atoms with Crippen LogP contribution in [0.5, 0.6) is 0 Å². The molecule has 1 amide bonds. The number of benzene rings is 2. The lowest BCUT2D eigenvalue weighted by atomic mass is 9.89. The van der Waals surface area contributed by atoms with E-state index in [-0.39, 0.29) is 17.8 Å². The molecule has 1 aliphatic carbocycles. The van der Waals surface area contributed by atoms with Gasteiger partial charge in [0.25, 0.3) is 0 Å². The predicted molar refractivity (Wildman–Crippen MR) is 119 cm³/mol. The summed E-state index contributed by atoms with van der Waals surface area (Å²) < 4.78 is 13.1. The molecule has 160 valence electrons. The second-order valence-electron chi connectivity index (χ2n) is 8.79. The fraction of sp³-hybridized carbons (Fsp3) is 0.480. The third kappa shape index (κ3) is 5.61. The summed E-state index contributed by atoms with van der Waals surface area (Å²) >= 11 is 6.00. The van der Waals surface area contributed by atoms with Crippen LogP contribution in [0, 0.1) is 11.7 Å². The quantitative estimate of drug-likeness (QED) is 0.701. The summed E-state index contributed by atoms with van der Waals surface area (Å²) in [7, 11) is 0. The molecule has 0 spiro atoms. The van der Waals surface area contributed by atoms with Gasteiger partial charge in [0.1, 0.15) is 5.82 Å². The molecule has 1 heterocycles. The number of hydrogen-bond acceptors (Lipinski definition) is 2. The fourth-order valence-electron chi connectivity index (χ4n) is 5.03.